The molecule has 0 saturated heterocycles. The first kappa shape index (κ1) is 34.0. The molecule has 12 rings (SSSR count). The maximum absolute atomic E-state index is 2.46. The largest absolute Gasteiger partial charge is 0.309 e. The van der Waals surface area contributed by atoms with E-state index < -0.39 is 0 Å². The van der Waals surface area contributed by atoms with Gasteiger partial charge in [0.25, 0.3) is 0 Å². The van der Waals surface area contributed by atoms with Crippen LogP contribution in [-0.4, -0.2) is 0 Å². The molecule has 59 heavy (non-hydrogen) atoms. The van der Waals surface area contributed by atoms with E-state index in [2.05, 4.69) is 217 Å². The molecule has 0 aliphatic heterocycles. The van der Waals surface area contributed by atoms with Gasteiger partial charge in [0.1, 0.15) is 0 Å². The number of nitrogens with zero attached hydrogens (tertiary/aromatic N) is 1. The Balaban J connectivity index is 1.01. The molecule has 0 bridgehead atoms. The van der Waals surface area contributed by atoms with Crippen molar-refractivity contribution in [1.82, 2.24) is 0 Å². The van der Waals surface area contributed by atoms with E-state index in [4.69, 9.17) is 0 Å². The molecule has 276 valence electrons. The van der Waals surface area contributed by atoms with E-state index in [1.165, 1.54) is 101 Å². The Hall–Kier alpha value is -7.04. The number of thiophene rings is 2. The van der Waals surface area contributed by atoms with Gasteiger partial charge < -0.3 is 4.90 Å². The first-order valence-corrected chi connectivity index (χ1v) is 21.7. The van der Waals surface area contributed by atoms with Crippen LogP contribution in [0.5, 0.6) is 0 Å². The van der Waals surface area contributed by atoms with Gasteiger partial charge in [-0.1, -0.05) is 164 Å². The van der Waals surface area contributed by atoms with Crippen LogP contribution in [0, 0.1) is 0 Å². The fourth-order valence-corrected chi connectivity index (χ4v) is 11.5. The van der Waals surface area contributed by atoms with Crippen molar-refractivity contribution in [2.24, 2.45) is 0 Å². The van der Waals surface area contributed by atoms with Crippen LogP contribution in [0.15, 0.2) is 212 Å². The van der Waals surface area contributed by atoms with Crippen LogP contribution in [-0.2, 0) is 0 Å². The van der Waals surface area contributed by atoms with E-state index in [0.29, 0.717) is 0 Å². The van der Waals surface area contributed by atoms with E-state index in [1.54, 1.807) is 0 Å². The molecular weight excluding hydrogens is 751 g/mol. The fraction of sp³-hybridized carbons (Fsp3) is 0. The highest BCUT2D eigenvalue weighted by Crippen LogP contribution is 2.48. The van der Waals surface area contributed by atoms with Gasteiger partial charge in [0, 0.05) is 47.0 Å². The molecule has 0 fully saturated rings. The van der Waals surface area contributed by atoms with Gasteiger partial charge in [-0.2, -0.15) is 0 Å². The summed E-state index contributed by atoms with van der Waals surface area (Å²) >= 11 is 3.76. The van der Waals surface area contributed by atoms with Gasteiger partial charge in [-0.05, 0) is 103 Å². The Labute approximate surface area is 350 Å². The van der Waals surface area contributed by atoms with Crippen LogP contribution in [0.1, 0.15) is 0 Å². The Kier molecular flexibility index (Phi) is 7.97. The highest BCUT2D eigenvalue weighted by atomic mass is 32.1. The van der Waals surface area contributed by atoms with Crippen LogP contribution in [0.25, 0.3) is 95.3 Å². The number of benzene rings is 10. The summed E-state index contributed by atoms with van der Waals surface area (Å²) in [6.45, 7) is 0. The Morgan fingerprint density at radius 2 is 0.898 bits per heavy atom. The highest BCUT2D eigenvalue weighted by molar-refractivity contribution is 7.27. The molecule has 2 heterocycles. The van der Waals surface area contributed by atoms with Gasteiger partial charge >= 0.3 is 0 Å². The van der Waals surface area contributed by atoms with Gasteiger partial charge in [-0.25, -0.2) is 0 Å². The fourth-order valence-electron chi connectivity index (χ4n) is 8.98. The number of hydrogen-bond donors (Lipinski definition) is 0. The van der Waals surface area contributed by atoms with Crippen LogP contribution in [0.4, 0.5) is 17.1 Å². The molecular formula is C56H35NS2. The molecule has 0 N–H and O–H groups in total. The third-order valence-corrected chi connectivity index (χ3v) is 14.3. The van der Waals surface area contributed by atoms with Crippen molar-refractivity contribution in [1.29, 1.82) is 0 Å². The summed E-state index contributed by atoms with van der Waals surface area (Å²) in [6.07, 6.45) is 0. The molecule has 12 aromatic rings. The molecule has 0 aliphatic carbocycles. The van der Waals surface area contributed by atoms with E-state index in [9.17, 15) is 0 Å². The van der Waals surface area contributed by atoms with Crippen molar-refractivity contribution in [3.05, 3.63) is 212 Å². The summed E-state index contributed by atoms with van der Waals surface area (Å²) in [5, 5.41) is 10.3. The number of anilines is 3. The zero-order valence-corrected chi connectivity index (χ0v) is 33.6. The average Bonchev–Trinajstić information content (AvgIpc) is 3.88. The van der Waals surface area contributed by atoms with E-state index in [0.717, 1.165) is 11.4 Å². The zero-order chi connectivity index (χ0) is 38.9. The first-order valence-electron chi connectivity index (χ1n) is 20.1. The maximum Gasteiger partial charge on any atom is 0.0640 e. The molecule has 0 amide bonds. The summed E-state index contributed by atoms with van der Waals surface area (Å²) in [5.74, 6) is 0. The predicted molar refractivity (Wildman–Crippen MR) is 258 cm³/mol. The summed E-state index contributed by atoms with van der Waals surface area (Å²) < 4.78 is 5.22. The topological polar surface area (TPSA) is 3.24 Å². The van der Waals surface area contributed by atoms with Crippen molar-refractivity contribution in [3.8, 4) is 33.4 Å². The summed E-state index contributed by atoms with van der Waals surface area (Å²) in [7, 11) is 0. The summed E-state index contributed by atoms with van der Waals surface area (Å²) in [5.41, 5.74) is 10.7. The smallest absolute Gasteiger partial charge is 0.0640 e. The molecule has 10 aromatic carbocycles. The number of rotatable bonds is 6. The van der Waals surface area contributed by atoms with Crippen molar-refractivity contribution in [3.63, 3.8) is 0 Å². The van der Waals surface area contributed by atoms with Crippen LogP contribution < -0.4 is 4.90 Å². The minimum absolute atomic E-state index is 1.12. The van der Waals surface area contributed by atoms with Crippen molar-refractivity contribution < 1.29 is 0 Å². The zero-order valence-electron chi connectivity index (χ0n) is 32.0. The standard InChI is InChI=1S/C56H35NS2/c1-2-11-37(12-3-1)47-18-9-19-50-51-20-10-21-52(56(51)59-55(47)50)57(44-15-8-14-39(34-44)41-28-32-49-48-17-6-7-22-53(48)58-54(49)35-41)43-29-25-36(26-30-43)40-27-31-46-42(33-40)24-23-38-13-4-5-16-45(38)46/h1-35H. The Bertz CT molecular complexity index is 3560. The van der Waals surface area contributed by atoms with Gasteiger partial charge in [-0.15, -0.1) is 22.7 Å². The molecule has 1 nitrogen and oxygen atoms in total. The molecule has 0 spiro atoms. The lowest BCUT2D eigenvalue weighted by atomic mass is 9.97. The second-order valence-electron chi connectivity index (χ2n) is 15.3. The lowest BCUT2D eigenvalue weighted by Gasteiger charge is -2.27. The number of fused-ring (bicyclic) bond motifs is 9. The van der Waals surface area contributed by atoms with E-state index in [1.807, 2.05) is 22.7 Å². The molecule has 0 aliphatic rings. The third-order valence-electron chi connectivity index (χ3n) is 11.8. The van der Waals surface area contributed by atoms with E-state index in [-0.39, 0.29) is 0 Å². The van der Waals surface area contributed by atoms with Crippen LogP contribution in [0.2, 0.25) is 0 Å². The normalized spacial score (nSPS) is 11.7. The molecule has 0 radical (unpaired) electrons. The van der Waals surface area contributed by atoms with Gasteiger partial charge in [0.05, 0.1) is 10.4 Å². The second-order valence-corrected chi connectivity index (χ2v) is 17.4. The molecule has 3 heteroatoms. The molecule has 0 unspecified atom stereocenters. The first-order chi connectivity index (χ1) is 29.2. The monoisotopic (exact) mass is 785 g/mol. The average molecular weight is 786 g/mol. The molecule has 0 atom stereocenters. The third kappa shape index (κ3) is 5.73. The van der Waals surface area contributed by atoms with E-state index >= 15 is 0 Å². The predicted octanol–water partition coefficient (Wildman–Crippen LogP) is 17.2. The minimum Gasteiger partial charge on any atom is -0.309 e. The van der Waals surface area contributed by atoms with Crippen LogP contribution in [0.3, 0.4) is 0 Å². The summed E-state index contributed by atoms with van der Waals surface area (Å²) in [4.78, 5) is 2.46. The molecule has 2 aromatic heterocycles. The van der Waals surface area contributed by atoms with Crippen molar-refractivity contribution >= 4 is 102 Å². The second kappa shape index (κ2) is 13.8. The van der Waals surface area contributed by atoms with Crippen LogP contribution >= 0.6 is 22.7 Å². The Morgan fingerprint density at radius 3 is 1.78 bits per heavy atom. The lowest BCUT2D eigenvalue weighted by Crippen LogP contribution is -2.10. The van der Waals surface area contributed by atoms with Crippen molar-refractivity contribution in [2.75, 3.05) is 4.90 Å². The highest BCUT2D eigenvalue weighted by Gasteiger charge is 2.20. The van der Waals surface area contributed by atoms with Crippen molar-refractivity contribution in [2.45, 2.75) is 0 Å². The quantitative estimate of drug-likeness (QED) is 0.152. The van der Waals surface area contributed by atoms with Gasteiger partial charge in [-0.3, -0.25) is 0 Å². The van der Waals surface area contributed by atoms with Gasteiger partial charge in [0.15, 0.2) is 0 Å². The Morgan fingerprint density at radius 1 is 0.288 bits per heavy atom. The lowest BCUT2D eigenvalue weighted by molar-refractivity contribution is 1.30. The van der Waals surface area contributed by atoms with Gasteiger partial charge in [0.2, 0.25) is 0 Å². The number of hydrogen-bond acceptors (Lipinski definition) is 3. The molecule has 0 saturated carbocycles. The minimum atomic E-state index is 1.12. The maximum atomic E-state index is 2.46. The SMILES string of the molecule is c1ccc(-c2cccc3c2sc2c(N(c4ccc(-c5ccc6c(ccc7ccccc76)c5)cc4)c4cccc(-c5ccc6c(c5)sc5ccccc56)c4)cccc23)cc1. The summed E-state index contributed by atoms with van der Waals surface area (Å²) in [6, 6.07) is 78.2.